The Bertz CT molecular complexity index is 2430. The van der Waals surface area contributed by atoms with E-state index in [-0.39, 0.29) is 48.5 Å². The van der Waals surface area contributed by atoms with E-state index in [1.807, 2.05) is 90.1 Å². The van der Waals surface area contributed by atoms with Gasteiger partial charge in [-0.3, -0.25) is 9.78 Å². The molecule has 1 radical (unpaired) electrons. The van der Waals surface area contributed by atoms with Crippen molar-refractivity contribution in [1.29, 1.82) is 0 Å². The van der Waals surface area contributed by atoms with Crippen molar-refractivity contribution < 1.29 is 38.8 Å². The van der Waals surface area contributed by atoms with Gasteiger partial charge < -0.3 is 9.52 Å². The van der Waals surface area contributed by atoms with Gasteiger partial charge in [-0.15, -0.1) is 29.1 Å². The Labute approximate surface area is 319 Å². The Kier molecular flexibility index (Phi) is 11.2. The van der Waals surface area contributed by atoms with Crippen LogP contribution in [0.1, 0.15) is 61.0 Å². The summed E-state index contributed by atoms with van der Waals surface area (Å²) in [7, 11) is 0. The van der Waals surface area contributed by atoms with Gasteiger partial charge in [-0.2, -0.15) is 0 Å². The van der Waals surface area contributed by atoms with Crippen molar-refractivity contribution in [2.45, 2.75) is 61.8 Å². The molecule has 0 saturated carbocycles. The maximum atomic E-state index is 15.8. The van der Waals surface area contributed by atoms with Crippen LogP contribution in [-0.2, 0) is 31.3 Å². The number of carbonyl (C=O) groups excluding carboxylic acids is 1. The number of halogens is 1. The van der Waals surface area contributed by atoms with Crippen LogP contribution in [0.4, 0.5) is 4.39 Å². The maximum absolute atomic E-state index is 15.8. The van der Waals surface area contributed by atoms with Gasteiger partial charge in [0.05, 0.1) is 0 Å². The van der Waals surface area contributed by atoms with Gasteiger partial charge in [0.1, 0.15) is 11.3 Å². The van der Waals surface area contributed by atoms with E-state index < -0.39 is 5.41 Å². The van der Waals surface area contributed by atoms with Crippen molar-refractivity contribution in [2.24, 2.45) is 16.7 Å². The van der Waals surface area contributed by atoms with Gasteiger partial charge in [0.15, 0.2) is 17.2 Å². The first-order valence-electron chi connectivity index (χ1n) is 17.5. The number of ketones is 1. The molecular weight excluding hydrogens is 826 g/mol. The van der Waals surface area contributed by atoms with Crippen LogP contribution in [-0.4, -0.2) is 15.9 Å². The number of aliphatic hydroxyl groups is 1. The van der Waals surface area contributed by atoms with Crippen LogP contribution in [0.2, 0.25) is 0 Å². The molecule has 1 N–H and O–H groups in total. The summed E-state index contributed by atoms with van der Waals surface area (Å²) in [5.74, 6) is 0.227. The fourth-order valence-electron chi connectivity index (χ4n) is 6.20. The fourth-order valence-corrected chi connectivity index (χ4v) is 6.20. The molecule has 7 rings (SSSR count). The zero-order chi connectivity index (χ0) is 36.7. The molecule has 6 heteroatoms. The molecular formula is C46H45FIrNO3-. The fraction of sp³-hybridized carbons (Fsp3) is 0.261. The predicted octanol–water partition coefficient (Wildman–Crippen LogP) is 12.8. The second-order valence-electron chi connectivity index (χ2n) is 15.7. The molecule has 269 valence electrons. The zero-order valence-corrected chi connectivity index (χ0v) is 33.4. The molecule has 52 heavy (non-hydrogen) atoms. The summed E-state index contributed by atoms with van der Waals surface area (Å²) in [6, 6.07) is 33.8. The van der Waals surface area contributed by atoms with Crippen LogP contribution in [0.15, 0.2) is 113 Å². The third-order valence-electron chi connectivity index (χ3n) is 9.08. The minimum Gasteiger partial charge on any atom is -0.512 e. The number of fused-ring (bicyclic) bond motifs is 6. The average molecular weight is 871 g/mol. The van der Waals surface area contributed by atoms with Crippen LogP contribution < -0.4 is 0 Å². The maximum Gasteiger partial charge on any atom is 0.174 e. The number of nitrogens with zero attached hydrogens (tertiary/aromatic N) is 1. The zero-order valence-electron chi connectivity index (χ0n) is 31.0. The van der Waals surface area contributed by atoms with E-state index >= 15 is 4.39 Å². The molecule has 5 aromatic carbocycles. The van der Waals surface area contributed by atoms with Gasteiger partial charge in [0.25, 0.3) is 0 Å². The van der Waals surface area contributed by atoms with Gasteiger partial charge in [-0.25, -0.2) is 4.39 Å². The molecule has 0 spiro atoms. The third-order valence-corrected chi connectivity index (χ3v) is 9.08. The second kappa shape index (κ2) is 15.1. The number of aliphatic hydroxyl groups excluding tert-OH is 1. The molecule has 0 atom stereocenters. The first-order valence-corrected chi connectivity index (χ1v) is 17.5. The van der Waals surface area contributed by atoms with Crippen LogP contribution in [0.5, 0.6) is 0 Å². The summed E-state index contributed by atoms with van der Waals surface area (Å²) < 4.78 is 22.0. The van der Waals surface area contributed by atoms with E-state index in [9.17, 15) is 9.90 Å². The summed E-state index contributed by atoms with van der Waals surface area (Å²) in [5, 5.41) is 15.9. The molecule has 0 unspecified atom stereocenters. The van der Waals surface area contributed by atoms with E-state index in [1.54, 1.807) is 6.20 Å². The Morgan fingerprint density at radius 1 is 0.846 bits per heavy atom. The number of allylic oxidation sites excluding steroid dienone is 2. The van der Waals surface area contributed by atoms with Crippen molar-refractivity contribution in [3.8, 4) is 22.4 Å². The number of carbonyl (C=O) groups is 1. The Balaban J connectivity index is 0.000000322. The number of rotatable bonds is 5. The van der Waals surface area contributed by atoms with Crippen LogP contribution >= 0.6 is 0 Å². The van der Waals surface area contributed by atoms with Crippen molar-refractivity contribution in [3.63, 3.8) is 0 Å². The average Bonchev–Trinajstić information content (AvgIpc) is 3.47. The topological polar surface area (TPSA) is 63.3 Å². The van der Waals surface area contributed by atoms with E-state index in [0.29, 0.717) is 22.8 Å². The summed E-state index contributed by atoms with van der Waals surface area (Å²) in [6.07, 6.45) is 4.04. The minimum absolute atomic E-state index is 0. The summed E-state index contributed by atoms with van der Waals surface area (Å²) in [5.41, 5.74) is 4.21. The normalized spacial score (nSPS) is 12.3. The SMILES string of the molecule is CC(C)(C)C(=O)/C=C(\O)C(C)(C)C.CC(C)Cc1cc(-c2nccc3c2oc2c(F)c(-c4ccccc4)ccc23)[c-]c2ccc3ccccc3c12.[Ir]. The summed E-state index contributed by atoms with van der Waals surface area (Å²) in [6.45, 7) is 15.6. The van der Waals surface area contributed by atoms with Crippen molar-refractivity contribution in [2.75, 3.05) is 0 Å². The molecule has 0 saturated heterocycles. The molecule has 2 heterocycles. The Hall–Kier alpha value is -4.64. The van der Waals surface area contributed by atoms with Gasteiger partial charge in [0.2, 0.25) is 0 Å². The van der Waals surface area contributed by atoms with E-state index in [1.165, 1.54) is 27.8 Å². The van der Waals surface area contributed by atoms with Gasteiger partial charge >= 0.3 is 0 Å². The molecule has 0 amide bonds. The van der Waals surface area contributed by atoms with Crippen molar-refractivity contribution >= 4 is 49.3 Å². The van der Waals surface area contributed by atoms with E-state index in [4.69, 9.17) is 9.40 Å². The molecule has 0 bridgehead atoms. The molecule has 0 aliphatic rings. The number of pyridine rings is 1. The molecule has 7 aromatic rings. The predicted molar refractivity (Wildman–Crippen MR) is 209 cm³/mol. The number of hydrogen-bond donors (Lipinski definition) is 1. The first kappa shape index (κ1) is 38.6. The third kappa shape index (κ3) is 7.89. The Morgan fingerprint density at radius 2 is 1.52 bits per heavy atom. The monoisotopic (exact) mass is 871 g/mol. The molecule has 4 nitrogen and oxygen atoms in total. The number of benzene rings is 5. The quantitative estimate of drug-likeness (QED) is 0.0810. The standard InChI is InChI=1S/C35H25FNO.C11H20O2.Ir/c1-21(2)18-25-20-26(19-24-13-12-23-10-6-7-11-27(23)31(24)25)33-35-30(16-17-37-33)29-15-14-28(32(36)34(29)38-35)22-8-4-3-5-9-22;1-10(2,3)8(12)7-9(13)11(4,5)6;/h3-17,20-21H,18H2,1-2H3;7,12H,1-6H3;/q-1;;/b;8-7-;. The summed E-state index contributed by atoms with van der Waals surface area (Å²) >= 11 is 0. The van der Waals surface area contributed by atoms with Gasteiger partial charge in [-0.1, -0.05) is 133 Å². The van der Waals surface area contributed by atoms with Gasteiger partial charge in [0, 0.05) is 65.2 Å². The molecule has 0 aliphatic heterocycles. The smallest absolute Gasteiger partial charge is 0.174 e. The van der Waals surface area contributed by atoms with Crippen LogP contribution in [0, 0.1) is 28.6 Å². The number of furan rings is 1. The summed E-state index contributed by atoms with van der Waals surface area (Å²) in [4.78, 5) is 16.2. The number of aromatic nitrogens is 1. The first-order chi connectivity index (χ1) is 24.1. The van der Waals surface area contributed by atoms with Crippen molar-refractivity contribution in [3.05, 3.63) is 126 Å². The largest absolute Gasteiger partial charge is 0.512 e. The molecule has 0 aliphatic carbocycles. The minimum atomic E-state index is -0.417. The van der Waals surface area contributed by atoms with Crippen LogP contribution in [0.25, 0.3) is 65.9 Å². The van der Waals surface area contributed by atoms with Crippen molar-refractivity contribution in [1.82, 2.24) is 4.98 Å². The molecule has 0 fully saturated rings. The van der Waals surface area contributed by atoms with Crippen LogP contribution in [0.3, 0.4) is 0 Å². The van der Waals surface area contributed by atoms with E-state index in [2.05, 4.69) is 62.4 Å². The number of hydrogen-bond acceptors (Lipinski definition) is 4. The van der Waals surface area contributed by atoms with E-state index in [0.717, 1.165) is 33.7 Å². The second-order valence-corrected chi connectivity index (χ2v) is 15.7. The Morgan fingerprint density at radius 3 is 2.19 bits per heavy atom. The van der Waals surface area contributed by atoms with Gasteiger partial charge in [-0.05, 0) is 40.8 Å². The molecule has 2 aromatic heterocycles.